The Morgan fingerprint density at radius 1 is 1.50 bits per heavy atom. The Bertz CT molecular complexity index is 410. The van der Waals surface area contributed by atoms with Gasteiger partial charge in [0.05, 0.1) is 9.95 Å². The summed E-state index contributed by atoms with van der Waals surface area (Å²) in [6, 6.07) is 5.16. The summed E-state index contributed by atoms with van der Waals surface area (Å²) in [5.41, 5.74) is 0.750. The molecule has 4 nitrogen and oxygen atoms in total. The van der Waals surface area contributed by atoms with Gasteiger partial charge < -0.3 is 5.32 Å². The van der Waals surface area contributed by atoms with Crippen LogP contribution in [0.4, 0.5) is 5.69 Å². The smallest absolute Gasteiger partial charge is 0.274 e. The molecular weight excluding hydrogens is 252 g/mol. The standard InChI is InChI=1S/C13H19ClN2O2/c1-3-9-15-10(2)7-8-11-12(14)5-4-6-13(11)16(17)18/h4-6,10,15H,3,7-9H2,1-2H3. The first-order valence-corrected chi connectivity index (χ1v) is 6.59. The predicted octanol–water partition coefficient (Wildman–Crippen LogP) is 3.57. The van der Waals surface area contributed by atoms with E-state index in [2.05, 4.69) is 19.2 Å². The summed E-state index contributed by atoms with van der Waals surface area (Å²) in [5.74, 6) is 0. The van der Waals surface area contributed by atoms with Crippen molar-refractivity contribution in [2.45, 2.75) is 39.2 Å². The molecular formula is C13H19ClN2O2. The Morgan fingerprint density at radius 2 is 2.22 bits per heavy atom. The van der Waals surface area contributed by atoms with Gasteiger partial charge in [-0.05, 0) is 38.8 Å². The molecule has 0 bridgehead atoms. The van der Waals surface area contributed by atoms with Crippen molar-refractivity contribution in [1.29, 1.82) is 0 Å². The first kappa shape index (κ1) is 14.9. The van der Waals surface area contributed by atoms with E-state index in [-0.39, 0.29) is 10.6 Å². The zero-order valence-corrected chi connectivity index (χ0v) is 11.5. The molecule has 0 aliphatic carbocycles. The second-order valence-electron chi connectivity index (χ2n) is 4.39. The zero-order chi connectivity index (χ0) is 13.5. The summed E-state index contributed by atoms with van der Waals surface area (Å²) in [4.78, 5) is 10.6. The molecule has 100 valence electrons. The van der Waals surface area contributed by atoms with E-state index in [1.165, 1.54) is 6.07 Å². The third-order valence-electron chi connectivity index (χ3n) is 2.86. The topological polar surface area (TPSA) is 55.2 Å². The van der Waals surface area contributed by atoms with Gasteiger partial charge in [0.15, 0.2) is 0 Å². The van der Waals surface area contributed by atoms with Crippen LogP contribution >= 0.6 is 11.6 Å². The van der Waals surface area contributed by atoms with Crippen molar-refractivity contribution in [3.05, 3.63) is 38.9 Å². The van der Waals surface area contributed by atoms with Gasteiger partial charge >= 0.3 is 0 Å². The van der Waals surface area contributed by atoms with Crippen LogP contribution in [0.3, 0.4) is 0 Å². The van der Waals surface area contributed by atoms with E-state index in [4.69, 9.17) is 11.6 Å². The van der Waals surface area contributed by atoms with Crippen molar-refractivity contribution < 1.29 is 4.92 Å². The van der Waals surface area contributed by atoms with Gasteiger partial charge in [0.1, 0.15) is 0 Å². The molecule has 1 N–H and O–H groups in total. The van der Waals surface area contributed by atoms with Gasteiger partial charge in [-0.2, -0.15) is 0 Å². The van der Waals surface area contributed by atoms with Crippen molar-refractivity contribution in [3.8, 4) is 0 Å². The van der Waals surface area contributed by atoms with E-state index in [1.807, 2.05) is 0 Å². The molecule has 0 heterocycles. The highest BCUT2D eigenvalue weighted by molar-refractivity contribution is 6.31. The van der Waals surface area contributed by atoms with Crippen molar-refractivity contribution in [1.82, 2.24) is 5.32 Å². The van der Waals surface area contributed by atoms with Crippen LogP contribution in [0.1, 0.15) is 32.3 Å². The van der Waals surface area contributed by atoms with E-state index in [1.54, 1.807) is 12.1 Å². The Labute approximate surface area is 112 Å². The lowest BCUT2D eigenvalue weighted by Gasteiger charge is -2.13. The summed E-state index contributed by atoms with van der Waals surface area (Å²) in [7, 11) is 0. The molecule has 0 aliphatic heterocycles. The Morgan fingerprint density at radius 3 is 2.83 bits per heavy atom. The zero-order valence-electron chi connectivity index (χ0n) is 10.8. The third-order valence-corrected chi connectivity index (χ3v) is 3.22. The number of nitrogens with zero attached hydrogens (tertiary/aromatic N) is 1. The van der Waals surface area contributed by atoms with Gasteiger partial charge in [-0.15, -0.1) is 0 Å². The fourth-order valence-corrected chi connectivity index (χ4v) is 2.08. The number of nitro benzene ring substituents is 1. The van der Waals surface area contributed by atoms with Gasteiger partial charge in [0.2, 0.25) is 0 Å². The molecule has 0 saturated carbocycles. The fourth-order valence-electron chi connectivity index (χ4n) is 1.82. The van der Waals surface area contributed by atoms with Gasteiger partial charge in [-0.25, -0.2) is 0 Å². The Hall–Kier alpha value is -1.13. The maximum absolute atomic E-state index is 10.9. The summed E-state index contributed by atoms with van der Waals surface area (Å²) in [5, 5.41) is 14.8. The lowest BCUT2D eigenvalue weighted by molar-refractivity contribution is -0.385. The lowest BCUT2D eigenvalue weighted by Crippen LogP contribution is -2.27. The van der Waals surface area contributed by atoms with E-state index in [9.17, 15) is 10.1 Å². The summed E-state index contributed by atoms with van der Waals surface area (Å²) < 4.78 is 0. The van der Waals surface area contributed by atoms with E-state index >= 15 is 0 Å². The summed E-state index contributed by atoms with van der Waals surface area (Å²) in [6.07, 6.45) is 2.54. The predicted molar refractivity (Wildman–Crippen MR) is 74.2 cm³/mol. The number of benzene rings is 1. The number of rotatable bonds is 7. The molecule has 0 radical (unpaired) electrons. The molecule has 0 aliphatic rings. The molecule has 0 fully saturated rings. The van der Waals surface area contributed by atoms with E-state index in [0.717, 1.165) is 19.4 Å². The van der Waals surface area contributed by atoms with Crippen LogP contribution in [0, 0.1) is 10.1 Å². The highest BCUT2D eigenvalue weighted by atomic mass is 35.5. The largest absolute Gasteiger partial charge is 0.314 e. The minimum atomic E-state index is -0.370. The molecule has 1 aromatic rings. The summed E-state index contributed by atoms with van der Waals surface area (Å²) in [6.45, 7) is 5.16. The van der Waals surface area contributed by atoms with Gasteiger partial charge in [-0.1, -0.05) is 24.6 Å². The maximum atomic E-state index is 10.9. The first-order valence-electron chi connectivity index (χ1n) is 6.21. The van der Waals surface area contributed by atoms with Gasteiger partial charge in [0.25, 0.3) is 5.69 Å². The van der Waals surface area contributed by atoms with Gasteiger partial charge in [-0.3, -0.25) is 10.1 Å². The second kappa shape index (κ2) is 7.34. The number of nitrogens with one attached hydrogen (secondary N) is 1. The molecule has 1 atom stereocenters. The van der Waals surface area contributed by atoms with Crippen molar-refractivity contribution in [3.63, 3.8) is 0 Å². The monoisotopic (exact) mass is 270 g/mol. The number of hydrogen-bond acceptors (Lipinski definition) is 3. The summed E-state index contributed by atoms with van der Waals surface area (Å²) >= 11 is 6.04. The van der Waals surface area contributed by atoms with Crippen molar-refractivity contribution in [2.24, 2.45) is 0 Å². The van der Waals surface area contributed by atoms with E-state index in [0.29, 0.717) is 23.0 Å². The van der Waals surface area contributed by atoms with Crippen molar-refractivity contribution in [2.75, 3.05) is 6.54 Å². The molecule has 5 heteroatoms. The average Bonchev–Trinajstić information content (AvgIpc) is 2.34. The minimum absolute atomic E-state index is 0.116. The molecule has 1 unspecified atom stereocenters. The highest BCUT2D eigenvalue weighted by Gasteiger charge is 2.16. The van der Waals surface area contributed by atoms with Crippen molar-refractivity contribution >= 4 is 17.3 Å². The molecule has 1 aromatic carbocycles. The number of hydrogen-bond donors (Lipinski definition) is 1. The third kappa shape index (κ3) is 4.27. The molecule has 1 rings (SSSR count). The van der Waals surface area contributed by atoms with Crippen LogP contribution in [-0.4, -0.2) is 17.5 Å². The molecule has 0 amide bonds. The van der Waals surface area contributed by atoms with Crippen LogP contribution in [0.15, 0.2) is 18.2 Å². The van der Waals surface area contributed by atoms with Gasteiger partial charge in [0, 0.05) is 17.7 Å². The van der Waals surface area contributed by atoms with Crippen LogP contribution in [0.5, 0.6) is 0 Å². The molecule has 0 saturated heterocycles. The van der Waals surface area contributed by atoms with Crippen LogP contribution < -0.4 is 5.32 Å². The first-order chi connectivity index (χ1) is 8.56. The second-order valence-corrected chi connectivity index (χ2v) is 4.80. The fraction of sp³-hybridized carbons (Fsp3) is 0.538. The number of halogens is 1. The average molecular weight is 271 g/mol. The van der Waals surface area contributed by atoms with Crippen LogP contribution in [0.25, 0.3) is 0 Å². The molecule has 18 heavy (non-hydrogen) atoms. The van der Waals surface area contributed by atoms with Crippen LogP contribution in [-0.2, 0) is 6.42 Å². The lowest BCUT2D eigenvalue weighted by atomic mass is 10.0. The Balaban J connectivity index is 2.69. The number of nitro groups is 1. The Kier molecular flexibility index (Phi) is 6.09. The molecule has 0 aromatic heterocycles. The molecule has 0 spiro atoms. The van der Waals surface area contributed by atoms with Crippen LogP contribution in [0.2, 0.25) is 5.02 Å². The minimum Gasteiger partial charge on any atom is -0.314 e. The SMILES string of the molecule is CCCNC(C)CCc1c(Cl)cccc1[N+](=O)[O-]. The maximum Gasteiger partial charge on any atom is 0.274 e. The van der Waals surface area contributed by atoms with E-state index < -0.39 is 0 Å². The normalized spacial score (nSPS) is 12.4. The highest BCUT2D eigenvalue weighted by Crippen LogP contribution is 2.27. The quantitative estimate of drug-likeness (QED) is 0.609.